The topological polar surface area (TPSA) is 94.2 Å². The summed E-state index contributed by atoms with van der Waals surface area (Å²) < 4.78 is 17.5. The van der Waals surface area contributed by atoms with Gasteiger partial charge in [0.25, 0.3) is 11.8 Å². The highest BCUT2D eigenvalue weighted by Gasteiger charge is 2.37. The minimum absolute atomic E-state index is 0.0253. The summed E-state index contributed by atoms with van der Waals surface area (Å²) in [6, 6.07) is 16.2. The van der Waals surface area contributed by atoms with Gasteiger partial charge < -0.3 is 14.2 Å². The van der Waals surface area contributed by atoms with E-state index in [2.05, 4.69) is 27.2 Å². The number of hydrogen-bond donors (Lipinski definition) is 1. The molecule has 4 amide bonds. The van der Waals surface area contributed by atoms with E-state index in [1.165, 1.54) is 25.3 Å². The Morgan fingerprint density at radius 3 is 2.42 bits per heavy atom. The number of methoxy groups -OCH3 is 1. The molecule has 4 rings (SSSR count). The summed E-state index contributed by atoms with van der Waals surface area (Å²) in [6.07, 6.45) is 6.55. The second-order valence-corrected chi connectivity index (χ2v) is 9.22. The van der Waals surface area contributed by atoms with E-state index in [9.17, 15) is 14.4 Å². The molecule has 0 bridgehead atoms. The Balaban J connectivity index is 1.55. The van der Waals surface area contributed by atoms with Crippen LogP contribution in [0.3, 0.4) is 0 Å². The van der Waals surface area contributed by atoms with Crippen LogP contribution in [0, 0.1) is 12.3 Å². The second kappa shape index (κ2) is 11.9. The Hall–Kier alpha value is -4.26. The van der Waals surface area contributed by atoms with Crippen LogP contribution >= 0.6 is 27.5 Å². The van der Waals surface area contributed by atoms with Gasteiger partial charge in [-0.05, 0) is 65.7 Å². The number of terminal acetylenes is 1. The van der Waals surface area contributed by atoms with Gasteiger partial charge in [0.05, 0.1) is 17.8 Å². The van der Waals surface area contributed by atoms with Crippen molar-refractivity contribution in [2.24, 2.45) is 0 Å². The lowest BCUT2D eigenvalue weighted by Gasteiger charge is -2.26. The number of urea groups is 1. The smallest absolute Gasteiger partial charge is 0.335 e. The van der Waals surface area contributed by atoms with Crippen molar-refractivity contribution in [1.29, 1.82) is 0 Å². The molecule has 192 valence electrons. The molecule has 0 atom stereocenters. The summed E-state index contributed by atoms with van der Waals surface area (Å²) in [7, 11) is 1.41. The quantitative estimate of drug-likeness (QED) is 0.214. The summed E-state index contributed by atoms with van der Waals surface area (Å²) in [5.74, 6) is 1.73. The van der Waals surface area contributed by atoms with E-state index >= 15 is 0 Å². The number of carbonyl (C=O) groups is 3. The molecule has 0 aliphatic carbocycles. The molecular formula is C28H20BrClN2O6. The number of carbonyl (C=O) groups excluding carboxylic acids is 3. The molecule has 3 aromatic carbocycles. The van der Waals surface area contributed by atoms with Crippen LogP contribution in [0.25, 0.3) is 6.08 Å². The first-order valence-electron chi connectivity index (χ1n) is 11.1. The summed E-state index contributed by atoms with van der Waals surface area (Å²) in [6.45, 7) is 0.318. The molecule has 0 radical (unpaired) electrons. The van der Waals surface area contributed by atoms with Gasteiger partial charge in [0.2, 0.25) is 0 Å². The van der Waals surface area contributed by atoms with Crippen LogP contribution in [-0.4, -0.2) is 31.6 Å². The normalized spacial score (nSPS) is 14.2. The highest BCUT2D eigenvalue weighted by Crippen LogP contribution is 2.37. The zero-order chi connectivity index (χ0) is 27.2. The van der Waals surface area contributed by atoms with Gasteiger partial charge in [0.15, 0.2) is 11.5 Å². The number of nitrogens with zero attached hydrogens (tertiary/aromatic N) is 1. The van der Waals surface area contributed by atoms with Gasteiger partial charge in [-0.25, -0.2) is 9.69 Å². The first kappa shape index (κ1) is 26.8. The Bertz CT molecular complexity index is 1460. The molecule has 1 aliphatic rings. The molecule has 0 spiro atoms. The molecule has 1 fully saturated rings. The van der Waals surface area contributed by atoms with Crippen molar-refractivity contribution in [3.8, 4) is 29.6 Å². The third kappa shape index (κ3) is 5.99. The average molecular weight is 596 g/mol. The molecule has 0 saturated carbocycles. The lowest BCUT2D eigenvalue weighted by Crippen LogP contribution is -2.54. The van der Waals surface area contributed by atoms with Crippen LogP contribution in [0.4, 0.5) is 10.5 Å². The molecule has 0 unspecified atom stereocenters. The molecule has 8 nitrogen and oxygen atoms in total. The van der Waals surface area contributed by atoms with Crippen LogP contribution in [0.5, 0.6) is 17.2 Å². The van der Waals surface area contributed by atoms with Gasteiger partial charge in [-0.15, -0.1) is 6.42 Å². The summed E-state index contributed by atoms with van der Waals surface area (Å²) >= 11 is 9.70. The fraction of sp³-hybridized carbons (Fsp3) is 0.107. The SMILES string of the molecule is C#CCOc1c(Cl)cc(/C=C2\C(=O)NC(=O)N(c3ccc(OCc4ccc(Br)cc4)cc3)C2=O)cc1OC. The lowest BCUT2D eigenvalue weighted by atomic mass is 10.1. The number of hydrogen-bond acceptors (Lipinski definition) is 6. The van der Waals surface area contributed by atoms with E-state index in [4.69, 9.17) is 32.2 Å². The van der Waals surface area contributed by atoms with Gasteiger partial charge in [0.1, 0.15) is 24.5 Å². The zero-order valence-electron chi connectivity index (χ0n) is 20.0. The third-order valence-electron chi connectivity index (χ3n) is 5.38. The maximum Gasteiger partial charge on any atom is 0.335 e. The number of imide groups is 2. The first-order chi connectivity index (χ1) is 18.3. The van der Waals surface area contributed by atoms with Gasteiger partial charge >= 0.3 is 6.03 Å². The predicted octanol–water partition coefficient (Wildman–Crippen LogP) is 5.37. The molecule has 1 aliphatic heterocycles. The largest absolute Gasteiger partial charge is 0.493 e. The first-order valence-corrected chi connectivity index (χ1v) is 12.3. The number of benzene rings is 3. The minimum Gasteiger partial charge on any atom is -0.493 e. The molecule has 1 saturated heterocycles. The average Bonchev–Trinajstić information content (AvgIpc) is 2.90. The number of amides is 4. The second-order valence-electron chi connectivity index (χ2n) is 7.89. The van der Waals surface area contributed by atoms with Crippen molar-refractivity contribution in [3.63, 3.8) is 0 Å². The zero-order valence-corrected chi connectivity index (χ0v) is 22.3. The van der Waals surface area contributed by atoms with Crippen molar-refractivity contribution in [3.05, 3.63) is 86.9 Å². The number of halogens is 2. The lowest BCUT2D eigenvalue weighted by molar-refractivity contribution is -0.122. The monoisotopic (exact) mass is 594 g/mol. The fourth-order valence-electron chi connectivity index (χ4n) is 3.57. The van der Waals surface area contributed by atoms with Gasteiger partial charge in [0, 0.05) is 4.47 Å². The number of barbiturate groups is 1. The van der Waals surface area contributed by atoms with Crippen LogP contribution < -0.4 is 24.4 Å². The standard InChI is InChI=1S/C28H20BrClN2O6/c1-3-12-37-25-23(30)14-18(15-24(25)36-2)13-22-26(33)31-28(35)32(27(22)34)20-8-10-21(11-9-20)38-16-17-4-6-19(29)7-5-17/h1,4-11,13-15H,12,16H2,2H3,(H,31,33,35)/b22-13+. The van der Waals surface area contributed by atoms with Crippen LogP contribution in [-0.2, 0) is 16.2 Å². The van der Waals surface area contributed by atoms with Crippen molar-refractivity contribution in [2.75, 3.05) is 18.6 Å². The van der Waals surface area contributed by atoms with Gasteiger partial charge in [-0.3, -0.25) is 14.9 Å². The Morgan fingerprint density at radius 2 is 1.76 bits per heavy atom. The maximum atomic E-state index is 13.3. The van der Waals surface area contributed by atoms with Crippen LogP contribution in [0.1, 0.15) is 11.1 Å². The highest BCUT2D eigenvalue weighted by atomic mass is 79.9. The summed E-state index contributed by atoms with van der Waals surface area (Å²) in [4.78, 5) is 39.3. The Morgan fingerprint density at radius 1 is 1.05 bits per heavy atom. The fourth-order valence-corrected chi connectivity index (χ4v) is 4.11. The van der Waals surface area contributed by atoms with E-state index in [0.717, 1.165) is 14.9 Å². The number of ether oxygens (including phenoxy) is 3. The van der Waals surface area contributed by atoms with E-state index in [1.54, 1.807) is 24.3 Å². The van der Waals surface area contributed by atoms with Gasteiger partial charge in [-0.2, -0.15) is 0 Å². The number of nitrogens with one attached hydrogen (secondary N) is 1. The van der Waals surface area contributed by atoms with E-state index < -0.39 is 17.8 Å². The minimum atomic E-state index is -0.866. The maximum absolute atomic E-state index is 13.3. The molecule has 3 aromatic rings. The van der Waals surface area contributed by atoms with E-state index in [1.807, 2.05) is 24.3 Å². The van der Waals surface area contributed by atoms with Gasteiger partial charge in [-0.1, -0.05) is 45.6 Å². The van der Waals surface area contributed by atoms with Crippen LogP contribution in [0.2, 0.25) is 5.02 Å². The molecule has 1 heterocycles. The van der Waals surface area contributed by atoms with Crippen LogP contribution in [0.15, 0.2) is 70.7 Å². The summed E-state index contributed by atoms with van der Waals surface area (Å²) in [5.41, 5.74) is 1.35. The molecule has 38 heavy (non-hydrogen) atoms. The summed E-state index contributed by atoms with van der Waals surface area (Å²) in [5, 5.41) is 2.36. The van der Waals surface area contributed by atoms with Crippen molar-refractivity contribution < 1.29 is 28.6 Å². The Kier molecular flexibility index (Phi) is 8.36. The van der Waals surface area contributed by atoms with Crippen molar-refractivity contribution in [1.82, 2.24) is 5.32 Å². The third-order valence-corrected chi connectivity index (χ3v) is 6.19. The number of anilines is 1. The van der Waals surface area contributed by atoms with E-state index in [-0.39, 0.29) is 34.4 Å². The molecule has 1 N–H and O–H groups in total. The molecular weight excluding hydrogens is 576 g/mol. The van der Waals surface area contributed by atoms with Crippen molar-refractivity contribution in [2.45, 2.75) is 6.61 Å². The molecule has 0 aromatic heterocycles. The van der Waals surface area contributed by atoms with E-state index in [0.29, 0.717) is 17.9 Å². The Labute approximate surface area is 232 Å². The number of rotatable bonds is 8. The predicted molar refractivity (Wildman–Crippen MR) is 146 cm³/mol. The van der Waals surface area contributed by atoms with Crippen molar-refractivity contribution >= 4 is 57.1 Å². The molecule has 10 heteroatoms. The highest BCUT2D eigenvalue weighted by molar-refractivity contribution is 9.10.